The van der Waals surface area contributed by atoms with E-state index in [4.69, 9.17) is 16.3 Å². The maximum absolute atomic E-state index is 14.1. The van der Waals surface area contributed by atoms with Crippen LogP contribution in [-0.2, 0) is 26.2 Å². The molecular weight excluding hydrogens is 550 g/mol. The van der Waals surface area contributed by atoms with Crippen LogP contribution in [0.15, 0.2) is 83.8 Å². The van der Waals surface area contributed by atoms with E-state index in [-0.39, 0.29) is 28.1 Å². The minimum Gasteiger partial charge on any atom is -0.497 e. The van der Waals surface area contributed by atoms with E-state index in [9.17, 15) is 18.0 Å². The molecule has 0 heterocycles. The topological polar surface area (TPSA) is 96.0 Å². The first-order valence-electron chi connectivity index (χ1n) is 13.2. The summed E-state index contributed by atoms with van der Waals surface area (Å²) in [5, 5.41) is 3.10. The second kappa shape index (κ2) is 14.7. The summed E-state index contributed by atoms with van der Waals surface area (Å²) < 4.78 is 33.9. The summed E-state index contributed by atoms with van der Waals surface area (Å²) in [6, 6.07) is 20.7. The molecule has 0 bridgehead atoms. The number of carbonyl (C=O) groups is 2. The van der Waals surface area contributed by atoms with Crippen LogP contribution in [0.25, 0.3) is 0 Å². The highest BCUT2D eigenvalue weighted by Gasteiger charge is 2.34. The molecule has 0 spiro atoms. The van der Waals surface area contributed by atoms with E-state index in [1.165, 1.54) is 17.0 Å². The average Bonchev–Trinajstić information content (AvgIpc) is 2.97. The van der Waals surface area contributed by atoms with Crippen molar-refractivity contribution in [3.05, 3.63) is 89.4 Å². The summed E-state index contributed by atoms with van der Waals surface area (Å²) in [5.74, 6) is -0.161. The number of benzene rings is 3. The minimum atomic E-state index is -4.17. The number of sulfonamides is 1. The average molecular weight is 586 g/mol. The minimum absolute atomic E-state index is 0.0220. The number of unbranched alkanes of at least 4 members (excludes halogenated alkanes) is 1. The van der Waals surface area contributed by atoms with Crippen LogP contribution in [-0.4, -0.2) is 51.4 Å². The standard InChI is InChI=1S/C30H36ClN3O5S/c1-4-6-20-32-30(36)27(5-2)33(21-23-16-18-24(39-3)19-17-23)29(35)22-34(28-15-11-10-14-26(28)31)40(37,38)25-12-8-7-9-13-25/h7-19,27H,4-6,20-22H2,1-3H3,(H,32,36). The van der Waals surface area contributed by atoms with Crippen LogP contribution in [0.2, 0.25) is 5.02 Å². The zero-order valence-corrected chi connectivity index (χ0v) is 24.6. The molecule has 3 rings (SSSR count). The number of hydrogen-bond donors (Lipinski definition) is 1. The number of anilines is 1. The number of amides is 2. The summed E-state index contributed by atoms with van der Waals surface area (Å²) >= 11 is 6.44. The van der Waals surface area contributed by atoms with Gasteiger partial charge in [0, 0.05) is 13.1 Å². The summed E-state index contributed by atoms with van der Waals surface area (Å²) in [4.78, 5) is 28.7. The van der Waals surface area contributed by atoms with Gasteiger partial charge in [-0.05, 0) is 54.8 Å². The third kappa shape index (κ3) is 7.76. The Morgan fingerprint density at radius 2 is 1.60 bits per heavy atom. The fourth-order valence-corrected chi connectivity index (χ4v) is 5.98. The van der Waals surface area contributed by atoms with Crippen molar-refractivity contribution >= 4 is 39.1 Å². The van der Waals surface area contributed by atoms with Crippen LogP contribution in [0.3, 0.4) is 0 Å². The Bertz CT molecular complexity index is 1370. The van der Waals surface area contributed by atoms with Gasteiger partial charge in [0.15, 0.2) is 0 Å². The Hall–Kier alpha value is -3.56. The van der Waals surface area contributed by atoms with Gasteiger partial charge in [0.1, 0.15) is 18.3 Å². The van der Waals surface area contributed by atoms with Gasteiger partial charge in [-0.2, -0.15) is 0 Å². The molecule has 40 heavy (non-hydrogen) atoms. The van der Waals surface area contributed by atoms with E-state index in [0.29, 0.717) is 18.7 Å². The lowest BCUT2D eigenvalue weighted by atomic mass is 10.1. The molecule has 0 aliphatic carbocycles. The number of ether oxygens (including phenoxy) is 1. The summed E-state index contributed by atoms with van der Waals surface area (Å²) in [5.41, 5.74) is 0.940. The Morgan fingerprint density at radius 3 is 2.20 bits per heavy atom. The molecule has 0 aromatic heterocycles. The van der Waals surface area contributed by atoms with Crippen LogP contribution < -0.4 is 14.4 Å². The lowest BCUT2D eigenvalue weighted by Crippen LogP contribution is -2.52. The Kier molecular flexibility index (Phi) is 11.4. The van der Waals surface area contributed by atoms with Gasteiger partial charge >= 0.3 is 0 Å². The first kappa shape index (κ1) is 31.0. The molecular formula is C30H36ClN3O5S. The molecule has 0 saturated carbocycles. The van der Waals surface area contributed by atoms with Crippen LogP contribution in [0, 0.1) is 0 Å². The Morgan fingerprint density at radius 1 is 0.950 bits per heavy atom. The fraction of sp³-hybridized carbons (Fsp3) is 0.333. The smallest absolute Gasteiger partial charge is 0.264 e. The van der Waals surface area contributed by atoms with Crippen molar-refractivity contribution in [1.29, 1.82) is 0 Å². The normalized spacial score (nSPS) is 11.9. The van der Waals surface area contributed by atoms with Crippen molar-refractivity contribution in [3.8, 4) is 5.75 Å². The van der Waals surface area contributed by atoms with Crippen molar-refractivity contribution in [3.63, 3.8) is 0 Å². The molecule has 8 nitrogen and oxygen atoms in total. The highest BCUT2D eigenvalue weighted by atomic mass is 35.5. The van der Waals surface area contributed by atoms with E-state index in [1.54, 1.807) is 61.7 Å². The Balaban J connectivity index is 2.03. The van der Waals surface area contributed by atoms with Crippen molar-refractivity contribution in [1.82, 2.24) is 10.2 Å². The maximum atomic E-state index is 14.1. The highest BCUT2D eigenvalue weighted by molar-refractivity contribution is 7.92. The predicted molar refractivity (Wildman–Crippen MR) is 158 cm³/mol. The van der Waals surface area contributed by atoms with E-state index >= 15 is 0 Å². The molecule has 3 aromatic carbocycles. The van der Waals surface area contributed by atoms with Crippen molar-refractivity contribution in [2.24, 2.45) is 0 Å². The predicted octanol–water partition coefficient (Wildman–Crippen LogP) is 5.27. The number of rotatable bonds is 14. The van der Waals surface area contributed by atoms with Gasteiger partial charge in [-0.15, -0.1) is 0 Å². The molecule has 0 aliphatic heterocycles. The maximum Gasteiger partial charge on any atom is 0.264 e. The summed E-state index contributed by atoms with van der Waals surface area (Å²) in [6.07, 6.45) is 2.07. The van der Waals surface area contributed by atoms with Gasteiger partial charge in [0.2, 0.25) is 11.8 Å². The molecule has 0 saturated heterocycles. The molecule has 1 N–H and O–H groups in total. The second-order valence-corrected chi connectivity index (χ2v) is 11.5. The molecule has 214 valence electrons. The number of carbonyl (C=O) groups excluding carboxylic acids is 2. The van der Waals surface area contributed by atoms with Gasteiger partial charge in [-0.3, -0.25) is 13.9 Å². The fourth-order valence-electron chi connectivity index (χ4n) is 4.24. The SMILES string of the molecule is CCCCNC(=O)C(CC)N(Cc1ccc(OC)cc1)C(=O)CN(c1ccccc1Cl)S(=O)(=O)c1ccccc1. The highest BCUT2D eigenvalue weighted by Crippen LogP contribution is 2.31. The van der Waals surface area contributed by atoms with Crippen LogP contribution in [0.5, 0.6) is 5.75 Å². The molecule has 2 amide bonds. The van der Waals surface area contributed by atoms with E-state index in [0.717, 1.165) is 22.7 Å². The van der Waals surface area contributed by atoms with Gasteiger partial charge in [0.25, 0.3) is 10.0 Å². The van der Waals surface area contributed by atoms with Crippen molar-refractivity contribution in [2.45, 2.75) is 50.6 Å². The number of halogens is 1. The van der Waals surface area contributed by atoms with Gasteiger partial charge in [-0.25, -0.2) is 8.42 Å². The molecule has 3 aromatic rings. The first-order chi connectivity index (χ1) is 19.2. The number of nitrogens with one attached hydrogen (secondary N) is 1. The lowest BCUT2D eigenvalue weighted by molar-refractivity contribution is -0.140. The molecule has 0 fully saturated rings. The summed E-state index contributed by atoms with van der Waals surface area (Å²) in [7, 11) is -2.61. The lowest BCUT2D eigenvalue weighted by Gasteiger charge is -2.33. The van der Waals surface area contributed by atoms with Crippen LogP contribution in [0.4, 0.5) is 5.69 Å². The van der Waals surface area contributed by atoms with Crippen molar-refractivity contribution < 1.29 is 22.7 Å². The van der Waals surface area contributed by atoms with Gasteiger partial charge < -0.3 is 15.0 Å². The quantitative estimate of drug-likeness (QED) is 0.260. The van der Waals surface area contributed by atoms with E-state index in [2.05, 4.69) is 5.32 Å². The molecule has 0 aliphatic rings. The monoisotopic (exact) mass is 585 g/mol. The van der Waals surface area contributed by atoms with E-state index in [1.807, 2.05) is 26.0 Å². The van der Waals surface area contributed by atoms with Crippen LogP contribution >= 0.6 is 11.6 Å². The second-order valence-electron chi connectivity index (χ2n) is 9.21. The summed E-state index contributed by atoms with van der Waals surface area (Å²) in [6.45, 7) is 3.90. The molecule has 10 heteroatoms. The number of hydrogen-bond acceptors (Lipinski definition) is 5. The largest absolute Gasteiger partial charge is 0.497 e. The zero-order valence-electron chi connectivity index (χ0n) is 23.0. The molecule has 1 unspecified atom stereocenters. The Labute approximate surface area is 241 Å². The van der Waals surface area contributed by atoms with Crippen molar-refractivity contribution in [2.75, 3.05) is 24.5 Å². The van der Waals surface area contributed by atoms with Gasteiger partial charge in [0.05, 0.1) is 22.7 Å². The zero-order chi connectivity index (χ0) is 29.1. The third-order valence-electron chi connectivity index (χ3n) is 6.46. The van der Waals surface area contributed by atoms with Gasteiger partial charge in [-0.1, -0.05) is 74.3 Å². The molecule has 0 radical (unpaired) electrons. The number of methoxy groups -OCH3 is 1. The number of para-hydroxylation sites is 1. The van der Waals surface area contributed by atoms with E-state index < -0.39 is 28.5 Å². The third-order valence-corrected chi connectivity index (χ3v) is 8.55. The number of nitrogens with zero attached hydrogens (tertiary/aromatic N) is 2. The first-order valence-corrected chi connectivity index (χ1v) is 15.1. The molecule has 1 atom stereocenters. The van der Waals surface area contributed by atoms with Crippen LogP contribution in [0.1, 0.15) is 38.7 Å².